The van der Waals surface area contributed by atoms with Crippen molar-refractivity contribution in [3.63, 3.8) is 0 Å². The molecule has 1 aromatic rings. The lowest BCUT2D eigenvalue weighted by atomic mass is 10.7. The molecule has 9 heavy (non-hydrogen) atoms. The maximum atomic E-state index is 10.4. The van der Waals surface area contributed by atoms with Gasteiger partial charge in [-0.15, -0.1) is 0 Å². The van der Waals surface area contributed by atoms with E-state index in [-0.39, 0.29) is 11.2 Å². The van der Waals surface area contributed by atoms with Crippen molar-refractivity contribution >= 4 is 17.6 Å². The topological polar surface area (TPSA) is 69.1 Å². The molecule has 5 heteroatoms. The quantitative estimate of drug-likeness (QED) is 0.571. The highest BCUT2D eigenvalue weighted by atomic mass is 35.5. The Hall–Kier alpha value is -1.03. The summed E-state index contributed by atoms with van der Waals surface area (Å²) >= 11 is 5.26. The van der Waals surface area contributed by atoms with Gasteiger partial charge in [-0.3, -0.25) is 4.79 Å². The van der Waals surface area contributed by atoms with Crippen LogP contribution in [0.25, 0.3) is 0 Å². The van der Waals surface area contributed by atoms with Crippen molar-refractivity contribution in [2.75, 3.05) is 5.73 Å². The number of nitrogens with two attached hydrogens (primary N) is 1. The molecule has 0 amide bonds. The van der Waals surface area contributed by atoms with E-state index in [2.05, 4.69) is 9.40 Å². The van der Waals surface area contributed by atoms with Gasteiger partial charge < -0.3 is 10.2 Å². The normalized spacial score (nSPS) is 9.44. The van der Waals surface area contributed by atoms with Crippen molar-refractivity contribution in [1.29, 1.82) is 0 Å². The number of rotatable bonds is 0. The molecule has 0 saturated carbocycles. The van der Waals surface area contributed by atoms with Gasteiger partial charge in [-0.25, -0.2) is 0 Å². The van der Waals surface area contributed by atoms with Crippen LogP contribution in [0.15, 0.2) is 15.3 Å². The van der Waals surface area contributed by atoms with Crippen LogP contribution in [0.4, 0.5) is 6.01 Å². The number of aromatic nitrogens is 1. The number of hydrogen-bond donors (Lipinski definition) is 1. The molecule has 4 nitrogen and oxygen atoms in total. The van der Waals surface area contributed by atoms with Gasteiger partial charge in [0, 0.05) is 0 Å². The Morgan fingerprint density at radius 2 is 2.44 bits per heavy atom. The van der Waals surface area contributed by atoms with Crippen LogP contribution in [0.1, 0.15) is 0 Å². The number of anilines is 1. The molecule has 0 aromatic carbocycles. The highest BCUT2D eigenvalue weighted by Gasteiger charge is 1.94. The Morgan fingerprint density at radius 1 is 1.78 bits per heavy atom. The first-order valence-corrected chi connectivity index (χ1v) is 2.49. The molecule has 0 bridgehead atoms. The van der Waals surface area contributed by atoms with Crippen LogP contribution < -0.4 is 11.3 Å². The third-order valence-electron chi connectivity index (χ3n) is 0.659. The van der Waals surface area contributed by atoms with Crippen molar-refractivity contribution < 1.29 is 4.42 Å². The fourth-order valence-corrected chi connectivity index (χ4v) is 0.563. The summed E-state index contributed by atoms with van der Waals surface area (Å²) in [4.78, 5) is 13.6. The molecule has 0 fully saturated rings. The van der Waals surface area contributed by atoms with E-state index in [0.717, 1.165) is 6.07 Å². The van der Waals surface area contributed by atoms with Gasteiger partial charge in [0.05, 0.1) is 6.07 Å². The van der Waals surface area contributed by atoms with Gasteiger partial charge in [0.25, 0.3) is 11.6 Å². The fourth-order valence-electron chi connectivity index (χ4n) is 0.390. The summed E-state index contributed by atoms with van der Waals surface area (Å²) in [7, 11) is 0. The van der Waals surface area contributed by atoms with Crippen LogP contribution in [0.2, 0.25) is 5.22 Å². The van der Waals surface area contributed by atoms with Gasteiger partial charge >= 0.3 is 0 Å². The monoisotopic (exact) mass is 146 g/mol. The Labute approximate surface area is 55.3 Å². The van der Waals surface area contributed by atoms with Crippen molar-refractivity contribution in [3.05, 3.63) is 21.6 Å². The standard InChI is InChI=1S/C4H3ClN2O2/c5-2-1-3(8)7-4(6)9-2/h1H,(H2,6,7,8). The van der Waals surface area contributed by atoms with Crippen molar-refractivity contribution in [1.82, 2.24) is 4.98 Å². The summed E-state index contributed by atoms with van der Waals surface area (Å²) < 4.78 is 4.49. The molecule has 0 atom stereocenters. The van der Waals surface area contributed by atoms with E-state index < -0.39 is 5.56 Å². The zero-order valence-electron chi connectivity index (χ0n) is 4.30. The van der Waals surface area contributed by atoms with Crippen LogP contribution in [0.5, 0.6) is 0 Å². The second-order valence-electron chi connectivity index (χ2n) is 1.34. The maximum absolute atomic E-state index is 10.4. The number of nitrogen functional groups attached to an aromatic ring is 1. The predicted octanol–water partition coefficient (Wildman–Crippen LogP) is 0.270. The zero-order valence-corrected chi connectivity index (χ0v) is 5.05. The minimum absolute atomic E-state index is 0.0486. The average Bonchev–Trinajstić information content (AvgIpc) is 1.59. The third-order valence-corrected chi connectivity index (χ3v) is 0.846. The van der Waals surface area contributed by atoms with Crippen molar-refractivity contribution in [3.8, 4) is 0 Å². The molecule has 0 aliphatic heterocycles. The van der Waals surface area contributed by atoms with E-state index in [9.17, 15) is 4.79 Å². The predicted molar refractivity (Wildman–Crippen MR) is 32.2 cm³/mol. The summed E-state index contributed by atoms with van der Waals surface area (Å²) in [5.41, 5.74) is 4.50. The Balaban J connectivity index is 3.33. The number of nitrogens with zero attached hydrogens (tertiary/aromatic N) is 1. The molecule has 0 unspecified atom stereocenters. The molecule has 1 heterocycles. The summed E-state index contributed by atoms with van der Waals surface area (Å²) in [6, 6.07) is 0.824. The Morgan fingerprint density at radius 3 is 2.89 bits per heavy atom. The van der Waals surface area contributed by atoms with E-state index in [1.54, 1.807) is 0 Å². The zero-order chi connectivity index (χ0) is 6.85. The van der Waals surface area contributed by atoms with Crippen molar-refractivity contribution in [2.45, 2.75) is 0 Å². The van der Waals surface area contributed by atoms with Crippen LogP contribution in [0, 0.1) is 0 Å². The highest BCUT2D eigenvalue weighted by Crippen LogP contribution is 2.04. The minimum Gasteiger partial charge on any atom is -0.413 e. The van der Waals surface area contributed by atoms with Gasteiger partial charge in [-0.05, 0) is 11.6 Å². The molecule has 48 valence electrons. The molecular formula is C4H3ClN2O2. The lowest BCUT2D eigenvalue weighted by Gasteiger charge is -1.87. The van der Waals surface area contributed by atoms with Crippen LogP contribution in [-0.2, 0) is 0 Å². The number of hydrogen-bond acceptors (Lipinski definition) is 4. The first kappa shape index (κ1) is 6.10. The van der Waals surface area contributed by atoms with Gasteiger partial charge in [0.2, 0.25) is 5.22 Å². The number of halogens is 1. The molecule has 2 N–H and O–H groups in total. The van der Waals surface area contributed by atoms with E-state index >= 15 is 0 Å². The molecule has 1 aromatic heterocycles. The average molecular weight is 147 g/mol. The summed E-state index contributed by atoms with van der Waals surface area (Å²) in [6.07, 6.45) is 0. The molecule has 0 radical (unpaired) electrons. The smallest absolute Gasteiger partial charge is 0.296 e. The van der Waals surface area contributed by atoms with Gasteiger partial charge in [0.1, 0.15) is 0 Å². The van der Waals surface area contributed by atoms with E-state index in [1.165, 1.54) is 0 Å². The lowest BCUT2D eigenvalue weighted by Crippen LogP contribution is -2.05. The molecule has 1 rings (SSSR count). The van der Waals surface area contributed by atoms with E-state index in [4.69, 9.17) is 17.3 Å². The maximum Gasteiger partial charge on any atom is 0.296 e. The van der Waals surface area contributed by atoms with Crippen molar-refractivity contribution in [2.24, 2.45) is 0 Å². The lowest BCUT2D eigenvalue weighted by molar-refractivity contribution is 0.550. The second-order valence-corrected chi connectivity index (χ2v) is 1.71. The summed E-state index contributed by atoms with van der Waals surface area (Å²) in [5, 5.41) is -0.0486. The first-order chi connectivity index (χ1) is 4.18. The highest BCUT2D eigenvalue weighted by molar-refractivity contribution is 6.28. The first-order valence-electron chi connectivity index (χ1n) is 2.11. The van der Waals surface area contributed by atoms with Gasteiger partial charge in [-0.2, -0.15) is 4.98 Å². The summed E-state index contributed by atoms with van der Waals surface area (Å²) in [5.74, 6) is 0. The molecule has 0 spiro atoms. The van der Waals surface area contributed by atoms with E-state index in [0.29, 0.717) is 0 Å². The largest absolute Gasteiger partial charge is 0.413 e. The van der Waals surface area contributed by atoms with Crippen LogP contribution in [0.3, 0.4) is 0 Å². The second kappa shape index (κ2) is 2.06. The molecular weight excluding hydrogens is 144 g/mol. The molecule has 0 aliphatic rings. The minimum atomic E-state index is -0.497. The summed E-state index contributed by atoms with van der Waals surface area (Å²) in [6.45, 7) is 0. The molecule has 0 saturated heterocycles. The molecule has 0 aliphatic carbocycles. The van der Waals surface area contributed by atoms with Gasteiger partial charge in [-0.1, -0.05) is 0 Å². The fraction of sp³-hybridized carbons (Fsp3) is 0. The Kier molecular flexibility index (Phi) is 1.40. The Bertz CT molecular complexity index is 246. The van der Waals surface area contributed by atoms with Gasteiger partial charge in [0.15, 0.2) is 0 Å². The third kappa shape index (κ3) is 1.43. The van der Waals surface area contributed by atoms with E-state index in [1.807, 2.05) is 0 Å². The SMILES string of the molecule is Nc1nc(=O)cc(Cl)o1. The van der Waals surface area contributed by atoms with Crippen LogP contribution >= 0.6 is 11.6 Å². The van der Waals surface area contributed by atoms with Crippen LogP contribution in [-0.4, -0.2) is 4.98 Å².